The Hall–Kier alpha value is -1.13. The van der Waals surface area contributed by atoms with Crippen LogP contribution in [0.4, 0.5) is 5.69 Å². The van der Waals surface area contributed by atoms with Crippen LogP contribution in [0.25, 0.3) is 0 Å². The summed E-state index contributed by atoms with van der Waals surface area (Å²) < 4.78 is 0. The van der Waals surface area contributed by atoms with Crippen molar-refractivity contribution in [1.29, 1.82) is 0 Å². The first-order valence-corrected chi connectivity index (χ1v) is 7.70. The molecule has 1 aromatic rings. The molecule has 20 heavy (non-hydrogen) atoms. The summed E-state index contributed by atoms with van der Waals surface area (Å²) in [6.45, 7) is 1.93. The van der Waals surface area contributed by atoms with Crippen LogP contribution in [-0.4, -0.2) is 23.0 Å². The third-order valence-corrected chi connectivity index (χ3v) is 4.71. The van der Waals surface area contributed by atoms with Gasteiger partial charge in [0.05, 0.1) is 11.7 Å². The number of fused-ring (bicyclic) bond motifs is 1. The third kappa shape index (κ3) is 2.81. The van der Waals surface area contributed by atoms with E-state index >= 15 is 0 Å². The van der Waals surface area contributed by atoms with E-state index < -0.39 is 0 Å². The summed E-state index contributed by atoms with van der Waals surface area (Å²) >= 11 is 6.02. The van der Waals surface area contributed by atoms with Crippen molar-refractivity contribution in [2.75, 3.05) is 5.32 Å². The molecule has 0 bridgehead atoms. The molecule has 2 fully saturated rings. The number of nitrogens with zero attached hydrogens (tertiary/aromatic N) is 1. The van der Waals surface area contributed by atoms with Crippen LogP contribution in [0, 0.1) is 12.8 Å². The Labute approximate surface area is 124 Å². The molecule has 2 aliphatic rings. The number of aromatic nitrogens is 1. The Bertz CT molecular complexity index is 506. The Kier molecular flexibility index (Phi) is 3.94. The highest BCUT2D eigenvalue weighted by Crippen LogP contribution is 2.33. The molecule has 1 saturated carbocycles. The zero-order valence-electron chi connectivity index (χ0n) is 11.7. The maximum absolute atomic E-state index is 12.4. The lowest BCUT2D eigenvalue weighted by molar-refractivity contribution is -0.117. The first-order valence-electron chi connectivity index (χ1n) is 7.32. The minimum Gasteiger partial charge on any atom is -0.322 e. The lowest BCUT2D eigenvalue weighted by atomic mass is 9.85. The SMILES string of the molecule is Cc1cnc(Cl)c(NC(=O)C2CC3CCCCC3N2)c1. The molecular formula is C15H20ClN3O. The predicted molar refractivity (Wildman–Crippen MR) is 79.9 cm³/mol. The van der Waals surface area contributed by atoms with Crippen molar-refractivity contribution in [1.82, 2.24) is 10.3 Å². The average Bonchev–Trinajstić information content (AvgIpc) is 2.87. The molecule has 5 heteroatoms. The molecule has 108 valence electrons. The van der Waals surface area contributed by atoms with Crippen LogP contribution in [-0.2, 0) is 4.79 Å². The number of amides is 1. The maximum atomic E-state index is 12.4. The van der Waals surface area contributed by atoms with E-state index in [0.29, 0.717) is 22.8 Å². The van der Waals surface area contributed by atoms with Crippen molar-refractivity contribution in [3.05, 3.63) is 23.0 Å². The summed E-state index contributed by atoms with van der Waals surface area (Å²) in [6.07, 6.45) is 7.64. The van der Waals surface area contributed by atoms with Gasteiger partial charge in [-0.25, -0.2) is 4.98 Å². The molecule has 2 heterocycles. The van der Waals surface area contributed by atoms with Crippen LogP contribution < -0.4 is 10.6 Å². The van der Waals surface area contributed by atoms with E-state index in [0.717, 1.165) is 12.0 Å². The zero-order valence-corrected chi connectivity index (χ0v) is 12.4. The smallest absolute Gasteiger partial charge is 0.241 e. The van der Waals surface area contributed by atoms with E-state index in [1.807, 2.05) is 13.0 Å². The predicted octanol–water partition coefficient (Wildman–Crippen LogP) is 2.90. The van der Waals surface area contributed by atoms with Crippen molar-refractivity contribution in [2.45, 2.75) is 51.1 Å². The monoisotopic (exact) mass is 293 g/mol. The van der Waals surface area contributed by atoms with Gasteiger partial charge in [-0.3, -0.25) is 4.79 Å². The van der Waals surface area contributed by atoms with Gasteiger partial charge in [-0.05, 0) is 43.7 Å². The van der Waals surface area contributed by atoms with Crippen molar-refractivity contribution < 1.29 is 4.79 Å². The second-order valence-electron chi connectivity index (χ2n) is 5.95. The van der Waals surface area contributed by atoms with Crippen molar-refractivity contribution >= 4 is 23.2 Å². The number of hydrogen-bond acceptors (Lipinski definition) is 3. The van der Waals surface area contributed by atoms with E-state index in [1.54, 1.807) is 6.20 Å². The number of halogens is 1. The molecule has 0 spiro atoms. The second-order valence-corrected chi connectivity index (χ2v) is 6.30. The quantitative estimate of drug-likeness (QED) is 0.825. The Balaban J connectivity index is 1.66. The minimum atomic E-state index is -0.0975. The van der Waals surface area contributed by atoms with Gasteiger partial charge in [0.1, 0.15) is 0 Å². The molecular weight excluding hydrogens is 274 g/mol. The highest BCUT2D eigenvalue weighted by Gasteiger charge is 2.38. The van der Waals surface area contributed by atoms with Gasteiger partial charge in [-0.15, -0.1) is 0 Å². The van der Waals surface area contributed by atoms with Crippen LogP contribution >= 0.6 is 11.6 Å². The summed E-state index contributed by atoms with van der Waals surface area (Å²) in [5.41, 5.74) is 1.59. The molecule has 1 aliphatic carbocycles. The van der Waals surface area contributed by atoms with Crippen molar-refractivity contribution in [3.63, 3.8) is 0 Å². The van der Waals surface area contributed by atoms with Gasteiger partial charge < -0.3 is 10.6 Å². The number of aryl methyl sites for hydroxylation is 1. The fourth-order valence-electron chi connectivity index (χ4n) is 3.38. The van der Waals surface area contributed by atoms with Gasteiger partial charge in [0.15, 0.2) is 5.15 Å². The van der Waals surface area contributed by atoms with Gasteiger partial charge in [0, 0.05) is 12.2 Å². The standard InChI is InChI=1S/C15H20ClN3O/c1-9-6-12(14(16)17-8-9)19-15(20)13-7-10-4-2-3-5-11(10)18-13/h6,8,10-11,13,18H,2-5,7H2,1H3,(H,19,20). The number of pyridine rings is 1. The molecule has 3 atom stereocenters. The number of rotatable bonds is 2. The van der Waals surface area contributed by atoms with Crippen LogP contribution in [0.3, 0.4) is 0 Å². The lowest BCUT2D eigenvalue weighted by Crippen LogP contribution is -2.40. The molecule has 0 radical (unpaired) electrons. The first kappa shape index (κ1) is 13.8. The molecule has 4 nitrogen and oxygen atoms in total. The largest absolute Gasteiger partial charge is 0.322 e. The minimum absolute atomic E-state index is 0.00806. The summed E-state index contributed by atoms with van der Waals surface area (Å²) in [7, 11) is 0. The molecule has 1 saturated heterocycles. The van der Waals surface area contributed by atoms with Gasteiger partial charge in [-0.1, -0.05) is 24.4 Å². The second kappa shape index (κ2) is 5.70. The molecule has 1 amide bonds. The summed E-state index contributed by atoms with van der Waals surface area (Å²) in [5.74, 6) is 0.666. The zero-order chi connectivity index (χ0) is 14.1. The Morgan fingerprint density at radius 3 is 3.05 bits per heavy atom. The number of nitrogens with one attached hydrogen (secondary N) is 2. The summed E-state index contributed by atoms with van der Waals surface area (Å²) in [5, 5.41) is 6.72. The molecule has 3 unspecified atom stereocenters. The fourth-order valence-corrected chi connectivity index (χ4v) is 3.53. The number of carbonyl (C=O) groups excluding carboxylic acids is 1. The first-order chi connectivity index (χ1) is 9.63. The van der Waals surface area contributed by atoms with E-state index in [4.69, 9.17) is 11.6 Å². The van der Waals surface area contributed by atoms with Gasteiger partial charge >= 0.3 is 0 Å². The van der Waals surface area contributed by atoms with Crippen LogP contribution in [0.5, 0.6) is 0 Å². The van der Waals surface area contributed by atoms with Crippen molar-refractivity contribution in [2.24, 2.45) is 5.92 Å². The van der Waals surface area contributed by atoms with Crippen LogP contribution in [0.15, 0.2) is 12.3 Å². The fraction of sp³-hybridized carbons (Fsp3) is 0.600. The van der Waals surface area contributed by atoms with Gasteiger partial charge in [0.25, 0.3) is 0 Å². The molecule has 0 aromatic carbocycles. The molecule has 1 aliphatic heterocycles. The number of anilines is 1. The normalized spacial score (nSPS) is 29.0. The molecule has 2 N–H and O–H groups in total. The Morgan fingerprint density at radius 2 is 2.25 bits per heavy atom. The van der Waals surface area contributed by atoms with E-state index in [1.165, 1.54) is 25.7 Å². The van der Waals surface area contributed by atoms with E-state index in [-0.39, 0.29) is 11.9 Å². The summed E-state index contributed by atoms with van der Waals surface area (Å²) in [6, 6.07) is 2.28. The summed E-state index contributed by atoms with van der Waals surface area (Å²) in [4.78, 5) is 16.4. The molecule has 1 aromatic heterocycles. The topological polar surface area (TPSA) is 54.0 Å². The molecule has 3 rings (SSSR count). The van der Waals surface area contributed by atoms with E-state index in [2.05, 4.69) is 15.6 Å². The maximum Gasteiger partial charge on any atom is 0.241 e. The third-order valence-electron chi connectivity index (χ3n) is 4.41. The van der Waals surface area contributed by atoms with Gasteiger partial charge in [-0.2, -0.15) is 0 Å². The highest BCUT2D eigenvalue weighted by molar-refractivity contribution is 6.32. The van der Waals surface area contributed by atoms with Crippen LogP contribution in [0.2, 0.25) is 5.15 Å². The Morgan fingerprint density at radius 1 is 1.45 bits per heavy atom. The average molecular weight is 294 g/mol. The van der Waals surface area contributed by atoms with E-state index in [9.17, 15) is 4.79 Å². The highest BCUT2D eigenvalue weighted by atomic mass is 35.5. The number of hydrogen-bond donors (Lipinski definition) is 2. The van der Waals surface area contributed by atoms with Crippen LogP contribution in [0.1, 0.15) is 37.7 Å². The van der Waals surface area contributed by atoms with Crippen molar-refractivity contribution in [3.8, 4) is 0 Å². The lowest BCUT2D eigenvalue weighted by Gasteiger charge is -2.24. The number of carbonyl (C=O) groups is 1. The van der Waals surface area contributed by atoms with Gasteiger partial charge in [0.2, 0.25) is 5.91 Å².